The number of halogens is 2. The van der Waals surface area contributed by atoms with E-state index < -0.39 is 0 Å². The molecule has 2 rings (SSSR count). The van der Waals surface area contributed by atoms with E-state index in [4.69, 9.17) is 28.9 Å². The summed E-state index contributed by atoms with van der Waals surface area (Å²) in [6, 6.07) is 14.6. The van der Waals surface area contributed by atoms with Gasteiger partial charge in [-0.2, -0.15) is 5.10 Å². The average Bonchev–Trinajstić information content (AvgIpc) is 2.38. The molecular weight excluding hydrogens is 269 g/mol. The molecule has 0 aromatic heterocycles. The Morgan fingerprint density at radius 2 is 1.78 bits per heavy atom. The van der Waals surface area contributed by atoms with Gasteiger partial charge in [0.15, 0.2) is 5.84 Å². The number of rotatable bonds is 3. The van der Waals surface area contributed by atoms with Crippen LogP contribution in [-0.2, 0) is 0 Å². The van der Waals surface area contributed by atoms with Gasteiger partial charge in [0.05, 0.1) is 10.7 Å². The summed E-state index contributed by atoms with van der Waals surface area (Å²) in [7, 11) is 0. The third-order valence-electron chi connectivity index (χ3n) is 2.30. The van der Waals surface area contributed by atoms with Crippen molar-refractivity contribution in [1.29, 1.82) is 0 Å². The molecule has 0 atom stereocenters. The molecule has 5 heteroatoms. The fourth-order valence-electron chi connectivity index (χ4n) is 1.37. The molecule has 0 bridgehead atoms. The highest BCUT2D eigenvalue weighted by Crippen LogP contribution is 2.25. The van der Waals surface area contributed by atoms with Crippen molar-refractivity contribution in [2.75, 3.05) is 5.43 Å². The Labute approximate surface area is 115 Å². The predicted molar refractivity (Wildman–Crippen MR) is 77.3 cm³/mol. The van der Waals surface area contributed by atoms with E-state index in [1.54, 1.807) is 18.2 Å². The largest absolute Gasteiger partial charge is 0.382 e. The minimum absolute atomic E-state index is 0.390. The topological polar surface area (TPSA) is 50.4 Å². The first kappa shape index (κ1) is 12.7. The van der Waals surface area contributed by atoms with E-state index in [0.29, 0.717) is 21.6 Å². The maximum absolute atomic E-state index is 6.00. The molecule has 0 aliphatic rings. The molecular formula is C13H11Cl2N3. The molecule has 2 aromatic rings. The van der Waals surface area contributed by atoms with Crippen molar-refractivity contribution in [3.63, 3.8) is 0 Å². The first-order valence-corrected chi connectivity index (χ1v) is 6.02. The highest BCUT2D eigenvalue weighted by Gasteiger charge is 2.01. The van der Waals surface area contributed by atoms with E-state index in [1.807, 2.05) is 30.3 Å². The van der Waals surface area contributed by atoms with Crippen LogP contribution in [0.2, 0.25) is 10.0 Å². The van der Waals surface area contributed by atoms with Crippen molar-refractivity contribution in [2.24, 2.45) is 10.8 Å². The summed E-state index contributed by atoms with van der Waals surface area (Å²) in [6.07, 6.45) is 0. The second-order valence-electron chi connectivity index (χ2n) is 3.60. The third kappa shape index (κ3) is 3.15. The second kappa shape index (κ2) is 5.76. The third-order valence-corrected chi connectivity index (χ3v) is 2.85. The van der Waals surface area contributed by atoms with Gasteiger partial charge in [-0.3, -0.25) is 5.43 Å². The molecule has 0 unspecified atom stereocenters. The smallest absolute Gasteiger partial charge is 0.150 e. The van der Waals surface area contributed by atoms with Gasteiger partial charge >= 0.3 is 0 Å². The first-order valence-electron chi connectivity index (χ1n) is 5.26. The average molecular weight is 280 g/mol. The van der Waals surface area contributed by atoms with Crippen LogP contribution in [0.4, 0.5) is 5.69 Å². The fraction of sp³-hybridized carbons (Fsp3) is 0. The van der Waals surface area contributed by atoms with E-state index in [9.17, 15) is 0 Å². The minimum Gasteiger partial charge on any atom is -0.382 e. The van der Waals surface area contributed by atoms with Gasteiger partial charge in [-0.25, -0.2) is 0 Å². The molecule has 0 amide bonds. The van der Waals surface area contributed by atoms with Crippen LogP contribution in [0.5, 0.6) is 0 Å². The number of hydrazone groups is 1. The van der Waals surface area contributed by atoms with E-state index in [-0.39, 0.29) is 0 Å². The summed E-state index contributed by atoms with van der Waals surface area (Å²) in [5, 5.41) is 5.14. The Bertz CT molecular complexity index is 568. The maximum Gasteiger partial charge on any atom is 0.150 e. The van der Waals surface area contributed by atoms with Crippen LogP contribution < -0.4 is 11.2 Å². The Morgan fingerprint density at radius 3 is 2.44 bits per heavy atom. The first-order chi connectivity index (χ1) is 8.66. The molecule has 0 fully saturated rings. The van der Waals surface area contributed by atoms with E-state index in [0.717, 1.165) is 5.56 Å². The molecule has 0 aliphatic carbocycles. The van der Waals surface area contributed by atoms with Gasteiger partial charge in [0.25, 0.3) is 0 Å². The number of amidine groups is 1. The number of hydrogen-bond donors (Lipinski definition) is 2. The summed E-state index contributed by atoms with van der Waals surface area (Å²) in [5.74, 6) is 0.390. The summed E-state index contributed by atoms with van der Waals surface area (Å²) < 4.78 is 0. The zero-order valence-electron chi connectivity index (χ0n) is 9.40. The Morgan fingerprint density at radius 1 is 1.06 bits per heavy atom. The molecule has 0 radical (unpaired) electrons. The molecule has 3 N–H and O–H groups in total. The number of nitrogens with one attached hydrogen (secondary N) is 1. The lowest BCUT2D eigenvalue weighted by atomic mass is 10.2. The SMILES string of the molecule is N/C(=N\Nc1ccc(Cl)cc1Cl)c1ccccc1. The standard InChI is InChI=1S/C13H11Cl2N3/c14-10-6-7-12(11(15)8-10)17-18-13(16)9-4-2-1-3-5-9/h1-8,17H,(H2,16,18). The Hall–Kier alpha value is -1.71. The summed E-state index contributed by atoms with van der Waals surface area (Å²) in [4.78, 5) is 0. The van der Waals surface area contributed by atoms with Crippen molar-refractivity contribution >= 4 is 34.7 Å². The zero-order chi connectivity index (χ0) is 13.0. The molecule has 0 aliphatic heterocycles. The Kier molecular flexibility index (Phi) is 4.07. The molecule has 92 valence electrons. The molecule has 0 saturated carbocycles. The monoisotopic (exact) mass is 279 g/mol. The lowest BCUT2D eigenvalue weighted by molar-refractivity contribution is 1.31. The summed E-state index contributed by atoms with van der Waals surface area (Å²) in [6.45, 7) is 0. The Balaban J connectivity index is 2.15. The van der Waals surface area contributed by atoms with Crippen LogP contribution in [0, 0.1) is 0 Å². The minimum atomic E-state index is 0.390. The van der Waals surface area contributed by atoms with Crippen LogP contribution >= 0.6 is 23.2 Å². The lowest BCUT2D eigenvalue weighted by Gasteiger charge is -2.05. The number of nitrogens with zero attached hydrogens (tertiary/aromatic N) is 1. The molecule has 0 spiro atoms. The second-order valence-corrected chi connectivity index (χ2v) is 4.44. The van der Waals surface area contributed by atoms with Crippen LogP contribution in [0.25, 0.3) is 0 Å². The molecule has 3 nitrogen and oxygen atoms in total. The van der Waals surface area contributed by atoms with Crippen LogP contribution in [-0.4, -0.2) is 5.84 Å². The zero-order valence-corrected chi connectivity index (χ0v) is 10.9. The quantitative estimate of drug-likeness (QED) is 0.511. The molecule has 0 saturated heterocycles. The van der Waals surface area contributed by atoms with Gasteiger partial charge in [-0.1, -0.05) is 53.5 Å². The molecule has 0 heterocycles. The van der Waals surface area contributed by atoms with E-state index in [1.165, 1.54) is 0 Å². The maximum atomic E-state index is 6.00. The molecule has 18 heavy (non-hydrogen) atoms. The molecule has 2 aromatic carbocycles. The number of anilines is 1. The van der Waals surface area contributed by atoms with Crippen molar-refractivity contribution in [3.05, 3.63) is 64.1 Å². The number of hydrogen-bond acceptors (Lipinski definition) is 2. The predicted octanol–water partition coefficient (Wildman–Crippen LogP) is 3.73. The van der Waals surface area contributed by atoms with Crippen molar-refractivity contribution in [3.8, 4) is 0 Å². The van der Waals surface area contributed by atoms with Gasteiger partial charge < -0.3 is 5.73 Å². The number of benzene rings is 2. The lowest BCUT2D eigenvalue weighted by Crippen LogP contribution is -2.15. The van der Waals surface area contributed by atoms with Gasteiger partial charge in [-0.15, -0.1) is 0 Å². The van der Waals surface area contributed by atoms with Crippen LogP contribution in [0.1, 0.15) is 5.56 Å². The van der Waals surface area contributed by atoms with Gasteiger partial charge in [-0.05, 0) is 18.2 Å². The fourth-order valence-corrected chi connectivity index (χ4v) is 1.82. The van der Waals surface area contributed by atoms with Gasteiger partial charge in [0.1, 0.15) is 0 Å². The number of nitrogens with two attached hydrogens (primary N) is 1. The van der Waals surface area contributed by atoms with Crippen LogP contribution in [0.3, 0.4) is 0 Å². The highest BCUT2D eigenvalue weighted by atomic mass is 35.5. The van der Waals surface area contributed by atoms with Gasteiger partial charge in [0, 0.05) is 10.6 Å². The van der Waals surface area contributed by atoms with Crippen molar-refractivity contribution in [1.82, 2.24) is 0 Å². The summed E-state index contributed by atoms with van der Waals surface area (Å²) in [5.41, 5.74) is 10.1. The van der Waals surface area contributed by atoms with Crippen molar-refractivity contribution in [2.45, 2.75) is 0 Å². The van der Waals surface area contributed by atoms with E-state index >= 15 is 0 Å². The normalized spacial score (nSPS) is 11.3. The van der Waals surface area contributed by atoms with Crippen molar-refractivity contribution < 1.29 is 0 Å². The van der Waals surface area contributed by atoms with Gasteiger partial charge in [0.2, 0.25) is 0 Å². The highest BCUT2D eigenvalue weighted by molar-refractivity contribution is 6.36. The van der Waals surface area contributed by atoms with E-state index in [2.05, 4.69) is 10.5 Å². The summed E-state index contributed by atoms with van der Waals surface area (Å²) >= 11 is 11.8. The van der Waals surface area contributed by atoms with Crippen LogP contribution in [0.15, 0.2) is 53.6 Å².